The van der Waals surface area contributed by atoms with Crippen molar-refractivity contribution in [1.29, 1.82) is 0 Å². The van der Waals surface area contributed by atoms with Gasteiger partial charge >= 0.3 is 0 Å². The lowest BCUT2D eigenvalue weighted by Gasteiger charge is -2.16. The summed E-state index contributed by atoms with van der Waals surface area (Å²) in [6.45, 7) is 0. The van der Waals surface area contributed by atoms with E-state index in [9.17, 15) is 4.79 Å². The number of rotatable bonds is 3. The normalized spacial score (nSPS) is 17.6. The molecule has 0 unspecified atom stereocenters. The SMILES string of the molecule is NC(=O)c1c(N)nsc1NC1CCCCCC1. The number of anilines is 2. The lowest BCUT2D eigenvalue weighted by atomic mass is 10.1. The van der Waals surface area contributed by atoms with Gasteiger partial charge in [-0.1, -0.05) is 25.7 Å². The van der Waals surface area contributed by atoms with Gasteiger partial charge in [-0.25, -0.2) is 0 Å². The molecule has 1 saturated carbocycles. The van der Waals surface area contributed by atoms with Crippen LogP contribution < -0.4 is 16.8 Å². The average molecular weight is 254 g/mol. The van der Waals surface area contributed by atoms with Crippen LogP contribution in [0.2, 0.25) is 0 Å². The summed E-state index contributed by atoms with van der Waals surface area (Å²) in [7, 11) is 0. The molecule has 0 aliphatic heterocycles. The second-order valence-corrected chi connectivity index (χ2v) is 5.24. The summed E-state index contributed by atoms with van der Waals surface area (Å²) < 4.78 is 3.98. The predicted octanol–water partition coefficient (Wildman–Crippen LogP) is 1.96. The Bertz CT molecular complexity index is 396. The summed E-state index contributed by atoms with van der Waals surface area (Å²) in [4.78, 5) is 11.3. The second-order valence-electron chi connectivity index (χ2n) is 4.47. The zero-order valence-corrected chi connectivity index (χ0v) is 10.6. The van der Waals surface area contributed by atoms with Crippen LogP contribution in [-0.2, 0) is 0 Å². The van der Waals surface area contributed by atoms with E-state index in [0.29, 0.717) is 11.6 Å². The Morgan fingerprint density at radius 3 is 2.53 bits per heavy atom. The number of primary amides is 1. The van der Waals surface area contributed by atoms with Crippen molar-refractivity contribution in [2.75, 3.05) is 11.1 Å². The first-order valence-corrected chi connectivity index (χ1v) is 6.77. The first-order chi connectivity index (χ1) is 8.18. The Morgan fingerprint density at radius 1 is 1.29 bits per heavy atom. The largest absolute Gasteiger partial charge is 0.382 e. The van der Waals surface area contributed by atoms with Crippen molar-refractivity contribution in [1.82, 2.24) is 4.37 Å². The minimum absolute atomic E-state index is 0.235. The summed E-state index contributed by atoms with van der Waals surface area (Å²) in [6.07, 6.45) is 7.33. The molecule has 1 aliphatic carbocycles. The fourth-order valence-electron chi connectivity index (χ4n) is 2.25. The molecule has 5 N–H and O–H groups in total. The molecular formula is C11H18N4OS. The van der Waals surface area contributed by atoms with Crippen molar-refractivity contribution in [3.05, 3.63) is 5.56 Å². The summed E-state index contributed by atoms with van der Waals surface area (Å²) in [6, 6.07) is 0.412. The van der Waals surface area contributed by atoms with Gasteiger partial charge in [-0.15, -0.1) is 0 Å². The fraction of sp³-hybridized carbons (Fsp3) is 0.636. The maximum Gasteiger partial charge on any atom is 0.255 e. The van der Waals surface area contributed by atoms with Crippen LogP contribution in [0.25, 0.3) is 0 Å². The van der Waals surface area contributed by atoms with E-state index in [1.54, 1.807) is 0 Å². The quantitative estimate of drug-likeness (QED) is 0.719. The molecule has 1 aliphatic rings. The first-order valence-electron chi connectivity index (χ1n) is 6.00. The number of nitrogens with two attached hydrogens (primary N) is 2. The van der Waals surface area contributed by atoms with Crippen molar-refractivity contribution >= 4 is 28.3 Å². The van der Waals surface area contributed by atoms with Crippen molar-refractivity contribution in [3.8, 4) is 0 Å². The van der Waals surface area contributed by atoms with E-state index in [-0.39, 0.29) is 5.82 Å². The van der Waals surface area contributed by atoms with Crippen molar-refractivity contribution < 1.29 is 4.79 Å². The number of aromatic nitrogens is 1. The van der Waals surface area contributed by atoms with Gasteiger partial charge in [0.05, 0.1) is 0 Å². The monoisotopic (exact) mass is 254 g/mol. The van der Waals surface area contributed by atoms with E-state index >= 15 is 0 Å². The van der Waals surface area contributed by atoms with Crippen LogP contribution >= 0.6 is 11.5 Å². The third kappa shape index (κ3) is 2.88. The van der Waals surface area contributed by atoms with Crippen LogP contribution in [0, 0.1) is 0 Å². The molecule has 0 radical (unpaired) electrons. The number of nitrogens with zero attached hydrogens (tertiary/aromatic N) is 1. The molecule has 2 rings (SSSR count). The standard InChI is InChI=1S/C11H18N4OS/c12-9-8(10(13)16)11(17-15-9)14-7-5-3-1-2-4-6-7/h7,14H,1-6H2,(H2,12,15)(H2,13,16). The van der Waals surface area contributed by atoms with Gasteiger partial charge in [0, 0.05) is 6.04 Å². The number of nitrogen functional groups attached to an aromatic ring is 1. The summed E-state index contributed by atoms with van der Waals surface area (Å²) in [5, 5.41) is 4.09. The van der Waals surface area contributed by atoms with Crippen LogP contribution in [0.4, 0.5) is 10.8 Å². The Kier molecular flexibility index (Phi) is 3.83. The second kappa shape index (κ2) is 5.35. The molecule has 1 fully saturated rings. The van der Waals surface area contributed by atoms with Gasteiger partial charge in [0.1, 0.15) is 10.6 Å². The molecule has 1 aromatic heterocycles. The van der Waals surface area contributed by atoms with Crippen LogP contribution in [0.15, 0.2) is 0 Å². The fourth-order valence-corrected chi connectivity index (χ4v) is 3.04. The Labute approximate surface area is 105 Å². The van der Waals surface area contributed by atoms with E-state index in [2.05, 4.69) is 9.69 Å². The molecule has 94 valence electrons. The van der Waals surface area contributed by atoms with Crippen LogP contribution in [0.3, 0.4) is 0 Å². The number of hydrogen-bond donors (Lipinski definition) is 3. The highest BCUT2D eigenvalue weighted by Gasteiger charge is 2.20. The molecule has 0 spiro atoms. The van der Waals surface area contributed by atoms with E-state index in [4.69, 9.17) is 11.5 Å². The van der Waals surface area contributed by atoms with E-state index in [1.165, 1.54) is 37.2 Å². The number of carbonyl (C=O) groups excluding carboxylic acids is 1. The summed E-state index contributed by atoms with van der Waals surface area (Å²) >= 11 is 1.22. The van der Waals surface area contributed by atoms with Crippen LogP contribution in [-0.4, -0.2) is 16.3 Å². The van der Waals surface area contributed by atoms with E-state index < -0.39 is 5.91 Å². The zero-order chi connectivity index (χ0) is 12.3. The van der Waals surface area contributed by atoms with E-state index in [1.807, 2.05) is 0 Å². The van der Waals surface area contributed by atoms with Crippen LogP contribution in [0.1, 0.15) is 48.9 Å². The Balaban J connectivity index is 2.09. The molecule has 0 saturated heterocycles. The minimum Gasteiger partial charge on any atom is -0.382 e. The summed E-state index contributed by atoms with van der Waals surface area (Å²) in [5.41, 5.74) is 11.3. The number of amides is 1. The van der Waals surface area contributed by atoms with Crippen molar-refractivity contribution in [2.24, 2.45) is 5.73 Å². The maximum atomic E-state index is 11.3. The molecule has 17 heavy (non-hydrogen) atoms. The number of carbonyl (C=O) groups is 1. The number of nitrogens with one attached hydrogen (secondary N) is 1. The van der Waals surface area contributed by atoms with Gasteiger partial charge in [-0.05, 0) is 24.4 Å². The van der Waals surface area contributed by atoms with Gasteiger partial charge in [0.15, 0.2) is 5.82 Å². The topological polar surface area (TPSA) is 94.0 Å². The molecule has 6 heteroatoms. The number of hydrogen-bond acceptors (Lipinski definition) is 5. The average Bonchev–Trinajstić information content (AvgIpc) is 2.51. The molecular weight excluding hydrogens is 236 g/mol. The first kappa shape index (κ1) is 12.2. The minimum atomic E-state index is -0.507. The maximum absolute atomic E-state index is 11.3. The molecule has 1 amide bonds. The third-order valence-electron chi connectivity index (χ3n) is 3.16. The van der Waals surface area contributed by atoms with Gasteiger partial charge in [-0.2, -0.15) is 4.37 Å². The lowest BCUT2D eigenvalue weighted by Crippen LogP contribution is -2.21. The van der Waals surface area contributed by atoms with E-state index in [0.717, 1.165) is 17.8 Å². The molecule has 0 aromatic carbocycles. The highest BCUT2D eigenvalue weighted by molar-refractivity contribution is 7.11. The van der Waals surface area contributed by atoms with Crippen molar-refractivity contribution in [3.63, 3.8) is 0 Å². The smallest absolute Gasteiger partial charge is 0.255 e. The molecule has 0 atom stereocenters. The van der Waals surface area contributed by atoms with Gasteiger partial charge in [0.2, 0.25) is 0 Å². The van der Waals surface area contributed by atoms with Crippen molar-refractivity contribution in [2.45, 2.75) is 44.6 Å². The molecule has 5 nitrogen and oxygen atoms in total. The Morgan fingerprint density at radius 2 is 1.94 bits per heavy atom. The molecule has 1 aromatic rings. The summed E-state index contributed by atoms with van der Waals surface area (Å²) in [5.74, 6) is -0.272. The molecule has 0 bridgehead atoms. The van der Waals surface area contributed by atoms with Crippen LogP contribution in [0.5, 0.6) is 0 Å². The molecule has 1 heterocycles. The van der Waals surface area contributed by atoms with Gasteiger partial charge in [-0.3, -0.25) is 4.79 Å². The highest BCUT2D eigenvalue weighted by atomic mass is 32.1. The highest BCUT2D eigenvalue weighted by Crippen LogP contribution is 2.29. The zero-order valence-electron chi connectivity index (χ0n) is 9.74. The third-order valence-corrected chi connectivity index (χ3v) is 3.95. The lowest BCUT2D eigenvalue weighted by molar-refractivity contribution is 0.100. The van der Waals surface area contributed by atoms with Gasteiger partial charge < -0.3 is 16.8 Å². The Hall–Kier alpha value is -1.30. The van der Waals surface area contributed by atoms with Gasteiger partial charge in [0.25, 0.3) is 5.91 Å². The predicted molar refractivity (Wildman–Crippen MR) is 70.2 cm³/mol.